The number of hydrogen-bond donors (Lipinski definition) is 2. The number of alkyl halides is 3. The highest BCUT2D eigenvalue weighted by Crippen LogP contribution is 2.33. The predicted molar refractivity (Wildman–Crippen MR) is 168 cm³/mol. The largest absolute Gasteiger partial charge is 0.471 e. The van der Waals surface area contributed by atoms with Gasteiger partial charge in [0.05, 0.1) is 0 Å². The lowest BCUT2D eigenvalue weighted by Crippen LogP contribution is -2.53. The van der Waals surface area contributed by atoms with Crippen LogP contribution in [0.2, 0.25) is 5.02 Å². The molecule has 12 heteroatoms. The van der Waals surface area contributed by atoms with Gasteiger partial charge in [-0.3, -0.25) is 14.4 Å². The van der Waals surface area contributed by atoms with Crippen molar-refractivity contribution in [1.82, 2.24) is 20.1 Å². The molecule has 0 radical (unpaired) electrons. The molecule has 2 aromatic carbocycles. The van der Waals surface area contributed by atoms with Crippen LogP contribution < -0.4 is 10.2 Å². The third-order valence-corrected chi connectivity index (χ3v) is 9.06. The van der Waals surface area contributed by atoms with E-state index in [2.05, 4.69) is 15.2 Å². The number of nitrogens with one attached hydrogen (secondary N) is 2. The van der Waals surface area contributed by atoms with Gasteiger partial charge in [0.1, 0.15) is 6.04 Å². The van der Waals surface area contributed by atoms with Crippen LogP contribution >= 0.6 is 11.6 Å². The zero-order valence-corrected chi connectivity index (χ0v) is 26.3. The third kappa shape index (κ3) is 7.99. The van der Waals surface area contributed by atoms with E-state index in [4.69, 9.17) is 11.6 Å². The van der Waals surface area contributed by atoms with Crippen molar-refractivity contribution in [3.05, 3.63) is 64.8 Å². The van der Waals surface area contributed by atoms with Crippen molar-refractivity contribution in [1.29, 1.82) is 0 Å². The zero-order valence-electron chi connectivity index (χ0n) is 25.5. The van der Waals surface area contributed by atoms with Crippen LogP contribution in [0, 0.1) is 11.8 Å². The Bertz CT molecular complexity index is 1530. The van der Waals surface area contributed by atoms with E-state index in [1.807, 2.05) is 56.7 Å². The number of likely N-dealkylation sites (tertiary alicyclic amines) is 1. The summed E-state index contributed by atoms with van der Waals surface area (Å²) >= 11 is 6.34. The Morgan fingerprint density at radius 1 is 1.09 bits per heavy atom. The summed E-state index contributed by atoms with van der Waals surface area (Å²) in [6.07, 6.45) is -0.567. The van der Waals surface area contributed by atoms with Crippen LogP contribution in [0.25, 0.3) is 10.9 Å². The maximum Gasteiger partial charge on any atom is 0.471 e. The summed E-state index contributed by atoms with van der Waals surface area (Å²) in [5, 5.41) is 4.58. The van der Waals surface area contributed by atoms with Gasteiger partial charge in [-0.1, -0.05) is 29.8 Å². The number of aromatic nitrogens is 1. The van der Waals surface area contributed by atoms with Crippen molar-refractivity contribution in [2.45, 2.75) is 50.7 Å². The lowest BCUT2D eigenvalue weighted by molar-refractivity contribution is -0.186. The summed E-state index contributed by atoms with van der Waals surface area (Å²) in [7, 11) is 4.00. The summed E-state index contributed by atoms with van der Waals surface area (Å²) in [6, 6.07) is 12.5. The molecular weight excluding hydrogens is 607 g/mol. The number of rotatable bonds is 9. The minimum atomic E-state index is -4.88. The Hall–Kier alpha value is -3.57. The van der Waals surface area contributed by atoms with Gasteiger partial charge in [-0.05, 0) is 87.0 Å². The molecule has 1 saturated heterocycles. The number of H-pyrrole nitrogens is 1. The first-order chi connectivity index (χ1) is 21.4. The average molecular weight is 646 g/mol. The van der Waals surface area contributed by atoms with Crippen molar-refractivity contribution in [3.63, 3.8) is 0 Å². The first-order valence-corrected chi connectivity index (χ1v) is 15.7. The van der Waals surface area contributed by atoms with Gasteiger partial charge < -0.3 is 25.0 Å². The van der Waals surface area contributed by atoms with E-state index < -0.39 is 18.1 Å². The fourth-order valence-electron chi connectivity index (χ4n) is 6.67. The molecule has 1 aromatic heterocycles. The maximum atomic E-state index is 14.4. The Kier molecular flexibility index (Phi) is 10.1. The van der Waals surface area contributed by atoms with Gasteiger partial charge >= 0.3 is 12.1 Å². The minimum absolute atomic E-state index is 0.0127. The van der Waals surface area contributed by atoms with Gasteiger partial charge in [0, 0.05) is 66.8 Å². The quantitative estimate of drug-likeness (QED) is 0.335. The second kappa shape index (κ2) is 13.8. The van der Waals surface area contributed by atoms with Crippen molar-refractivity contribution in [2.75, 3.05) is 45.2 Å². The molecule has 0 bridgehead atoms. The molecule has 1 fully saturated rings. The number of hydrogen-bond acceptors (Lipinski definition) is 4. The second-order valence-electron chi connectivity index (χ2n) is 12.5. The van der Waals surface area contributed by atoms with Gasteiger partial charge in [0.25, 0.3) is 0 Å². The fraction of sp³-hybridized carbons (Fsp3) is 0.485. The third-order valence-electron chi connectivity index (χ3n) is 8.83. The standard InChI is InChI=1S/C33H39ClF3N5O3/c1-40(2)19-22-15-23-16-25(34)8-9-29(23)42(20-22)31(44)28(17-24-18-38-27-6-4-3-5-26(24)27)39-30(43)10-7-21-11-13-41(14-12-21)32(45)33(35,36)37/h3-6,8-9,16,18,21-22,28,38H,7,10-15,17,19-20H2,1-2H3,(H,39,43)/t22-,28+/m0/s1. The van der Waals surface area contributed by atoms with Crippen molar-refractivity contribution in [2.24, 2.45) is 11.8 Å². The molecule has 0 spiro atoms. The van der Waals surface area contributed by atoms with E-state index in [1.54, 1.807) is 11.0 Å². The van der Waals surface area contributed by atoms with E-state index in [9.17, 15) is 27.6 Å². The Morgan fingerprint density at radius 2 is 1.82 bits per heavy atom. The first-order valence-electron chi connectivity index (χ1n) is 15.3. The van der Waals surface area contributed by atoms with E-state index >= 15 is 0 Å². The van der Waals surface area contributed by atoms with Crippen LogP contribution in [0.3, 0.4) is 0 Å². The zero-order chi connectivity index (χ0) is 32.3. The SMILES string of the molecule is CN(C)C[C@@H]1Cc2cc(Cl)ccc2N(C(=O)[C@@H](Cc2c[nH]c3ccccc23)NC(=O)CCC2CCN(C(=O)C(F)(F)F)CC2)C1. The highest BCUT2D eigenvalue weighted by atomic mass is 35.5. The van der Waals surface area contributed by atoms with Crippen molar-refractivity contribution in [3.8, 4) is 0 Å². The topological polar surface area (TPSA) is 88.8 Å². The lowest BCUT2D eigenvalue weighted by Gasteiger charge is -2.37. The molecule has 3 aromatic rings. The molecule has 2 aliphatic heterocycles. The molecule has 0 saturated carbocycles. The van der Waals surface area contributed by atoms with Crippen molar-refractivity contribution >= 4 is 45.9 Å². The van der Waals surface area contributed by atoms with E-state index in [1.165, 1.54) is 0 Å². The van der Waals surface area contributed by atoms with Crippen LogP contribution in [-0.2, 0) is 27.2 Å². The number of carbonyl (C=O) groups excluding carboxylic acids is 3. The average Bonchev–Trinajstić information content (AvgIpc) is 3.40. The van der Waals surface area contributed by atoms with E-state index in [-0.39, 0.29) is 49.6 Å². The summed E-state index contributed by atoms with van der Waals surface area (Å²) in [5.41, 5.74) is 3.62. The smallest absolute Gasteiger partial charge is 0.361 e. The molecular formula is C33H39ClF3N5O3. The first kappa shape index (κ1) is 32.8. The van der Waals surface area contributed by atoms with Gasteiger partial charge in [0.15, 0.2) is 0 Å². The highest BCUT2D eigenvalue weighted by Gasteiger charge is 2.43. The Labute approximate surface area is 265 Å². The molecule has 2 aliphatic rings. The highest BCUT2D eigenvalue weighted by molar-refractivity contribution is 6.30. The number of piperidine rings is 1. The number of para-hydroxylation sites is 1. The molecule has 0 aliphatic carbocycles. The Balaban J connectivity index is 1.32. The number of halogens is 4. The summed E-state index contributed by atoms with van der Waals surface area (Å²) in [5.74, 6) is -2.12. The molecule has 3 heterocycles. The molecule has 8 nitrogen and oxygen atoms in total. The summed E-state index contributed by atoms with van der Waals surface area (Å²) < 4.78 is 38.5. The predicted octanol–water partition coefficient (Wildman–Crippen LogP) is 5.20. The molecule has 2 atom stereocenters. The van der Waals surface area contributed by atoms with Gasteiger partial charge in [-0.15, -0.1) is 0 Å². The van der Waals surface area contributed by atoms with Gasteiger partial charge in [-0.2, -0.15) is 13.2 Å². The fourth-order valence-corrected chi connectivity index (χ4v) is 6.87. The molecule has 0 unspecified atom stereocenters. The van der Waals surface area contributed by atoms with E-state index in [0.717, 1.165) is 45.6 Å². The Morgan fingerprint density at radius 3 is 2.53 bits per heavy atom. The minimum Gasteiger partial charge on any atom is -0.361 e. The van der Waals surface area contributed by atoms with Gasteiger partial charge in [-0.25, -0.2) is 0 Å². The molecule has 2 N–H and O–H groups in total. The number of aromatic amines is 1. The number of nitrogens with zero attached hydrogens (tertiary/aromatic N) is 3. The van der Waals surface area contributed by atoms with Crippen LogP contribution in [0.4, 0.5) is 18.9 Å². The normalized spacial score (nSPS) is 18.2. The van der Waals surface area contributed by atoms with Crippen LogP contribution in [-0.4, -0.2) is 85.0 Å². The van der Waals surface area contributed by atoms with Crippen molar-refractivity contribution < 1.29 is 27.6 Å². The van der Waals surface area contributed by atoms with E-state index in [0.29, 0.717) is 30.8 Å². The summed E-state index contributed by atoms with van der Waals surface area (Å²) in [6.45, 7) is 1.31. The number of amides is 3. The number of anilines is 1. The maximum absolute atomic E-state index is 14.4. The number of fused-ring (bicyclic) bond motifs is 2. The monoisotopic (exact) mass is 645 g/mol. The van der Waals surface area contributed by atoms with Crippen LogP contribution in [0.15, 0.2) is 48.7 Å². The number of benzene rings is 2. The van der Waals surface area contributed by atoms with Crippen LogP contribution in [0.5, 0.6) is 0 Å². The second-order valence-corrected chi connectivity index (χ2v) is 12.9. The van der Waals surface area contributed by atoms with Crippen LogP contribution in [0.1, 0.15) is 36.8 Å². The molecule has 45 heavy (non-hydrogen) atoms. The molecule has 5 rings (SSSR count). The molecule has 3 amide bonds. The number of carbonyl (C=O) groups is 3. The lowest BCUT2D eigenvalue weighted by atomic mass is 9.90. The summed E-state index contributed by atoms with van der Waals surface area (Å²) in [4.78, 5) is 47.3. The van der Waals surface area contributed by atoms with Gasteiger partial charge in [0.2, 0.25) is 11.8 Å². The molecule has 242 valence electrons.